The molecule has 446 valence electrons. The van der Waals surface area contributed by atoms with Gasteiger partial charge in [-0.15, -0.1) is 0 Å². The van der Waals surface area contributed by atoms with Crippen LogP contribution in [0.5, 0.6) is 0 Å². The number of nitrogens with zero attached hydrogens (tertiary/aromatic N) is 3. The second-order valence-electron chi connectivity index (χ2n) is 20.2. The minimum Gasteiger partial charge on any atom is -0.744 e. The van der Waals surface area contributed by atoms with E-state index in [0.717, 1.165) is 41.3 Å². The Balaban J connectivity index is 1.31. The Hall–Kier alpha value is -5.86. The second-order valence-corrected chi connectivity index (χ2v) is 25.7. The number of amides is 3. The summed E-state index contributed by atoms with van der Waals surface area (Å²) in [6.07, 6.45) is 9.05. The van der Waals surface area contributed by atoms with Gasteiger partial charge in [-0.25, -0.2) is 33.7 Å². The zero-order valence-electron chi connectivity index (χ0n) is 45.7. The molecule has 82 heavy (non-hydrogen) atoms. The van der Waals surface area contributed by atoms with E-state index in [1.165, 1.54) is 19.2 Å². The Labute approximate surface area is 476 Å². The Morgan fingerprint density at radius 2 is 1.18 bits per heavy atom. The van der Waals surface area contributed by atoms with Crippen LogP contribution in [0, 0.1) is 0 Å². The number of ether oxygens (including phenoxy) is 5. The summed E-state index contributed by atoms with van der Waals surface area (Å²) in [4.78, 5) is 36.2. The molecule has 4 aromatic rings. The van der Waals surface area contributed by atoms with Gasteiger partial charge in [-0.05, 0) is 104 Å². The predicted molar refractivity (Wildman–Crippen MR) is 293 cm³/mol. The van der Waals surface area contributed by atoms with Crippen molar-refractivity contribution in [1.82, 2.24) is 10.2 Å². The maximum atomic E-state index is 13.0. The molecule has 3 aliphatic heterocycles. The normalized spacial score (nSPS) is 17.9. The SMILES string of the molecule is COCCOCCOCCOCCC1(C)C(=CC=CC2=[N+](CCCCCC(=O)NCCN3C(=O)C=CC3=O)c3ccc4c(S(=O)(=O)[O-])cc(S(=O)(=O)[O-])cc4c3C2(C)C)N(CCOC)c2cc(S(=O)(=O)[O-])c3ccc(S(=O)(=O)[O-])cc3c21. The Morgan fingerprint density at radius 1 is 0.622 bits per heavy atom. The molecule has 1 atom stereocenters. The summed E-state index contributed by atoms with van der Waals surface area (Å²) in [5.74, 6) is -1.26. The molecule has 3 heterocycles. The van der Waals surface area contributed by atoms with Crippen molar-refractivity contribution in [3.05, 3.63) is 95.7 Å². The monoisotopic (exact) mass is 1220 g/mol. The molecule has 0 fully saturated rings. The van der Waals surface area contributed by atoms with Crippen LogP contribution in [-0.4, -0.2) is 178 Å². The highest BCUT2D eigenvalue weighted by Crippen LogP contribution is 2.54. The average Bonchev–Trinajstić information content (AvgIpc) is 1.71. The summed E-state index contributed by atoms with van der Waals surface area (Å²) < 4.78 is 182. The minimum atomic E-state index is -5.35. The van der Waals surface area contributed by atoms with Gasteiger partial charge in [0.1, 0.15) is 47.0 Å². The van der Waals surface area contributed by atoms with Gasteiger partial charge in [0.05, 0.1) is 71.2 Å². The summed E-state index contributed by atoms with van der Waals surface area (Å²) in [5, 5.41) is 2.46. The number of rotatable bonds is 30. The molecule has 24 nitrogen and oxygen atoms in total. The first-order chi connectivity index (χ1) is 38.5. The van der Waals surface area contributed by atoms with E-state index in [1.807, 2.05) is 11.5 Å². The van der Waals surface area contributed by atoms with Gasteiger partial charge in [0.25, 0.3) is 11.8 Å². The number of allylic oxidation sites excluding steroid dienone is 4. The predicted octanol–water partition coefficient (Wildman–Crippen LogP) is 3.54. The standard InChI is InChI=1S/C54H66N4O20S4/c1-53(2)46(56(21-8-6-7-12-48(59)55-20-22-58-49(60)17-18-50(58)61)42-16-15-39-40(51(42)53)33-37(80(65,66)67)34-44(39)81(68,69)70)10-9-11-47-54(3,19-24-76-28-29-78-31-30-77-27-26-75-5)52-41-32-36(79(62,63)64)13-14-38(41)45(82(71,72)73)35-43(52)57(47)23-25-74-4/h9-11,13-18,32-35H,6-8,12,19-31H2,1-5H3,(H4-,55,59,62,63,64,65,66,67,68,69,70,71,72,73)/p-3. The van der Waals surface area contributed by atoms with Crippen molar-refractivity contribution in [2.45, 2.75) is 83.3 Å². The third-order valence-corrected chi connectivity index (χ3v) is 18.0. The highest BCUT2D eigenvalue weighted by Gasteiger charge is 2.47. The van der Waals surface area contributed by atoms with Crippen LogP contribution in [0.25, 0.3) is 21.5 Å². The Bertz CT molecular complexity index is 3730. The zero-order chi connectivity index (χ0) is 60.0. The highest BCUT2D eigenvalue weighted by atomic mass is 32.2. The van der Waals surface area contributed by atoms with Crippen LogP contribution >= 0.6 is 0 Å². The van der Waals surface area contributed by atoms with Gasteiger partial charge >= 0.3 is 0 Å². The van der Waals surface area contributed by atoms with Gasteiger partial charge in [-0.1, -0.05) is 12.1 Å². The van der Waals surface area contributed by atoms with E-state index < -0.39 is 82.7 Å². The van der Waals surface area contributed by atoms with Gasteiger partial charge in [0, 0.05) is 105 Å². The highest BCUT2D eigenvalue weighted by molar-refractivity contribution is 7.87. The van der Waals surface area contributed by atoms with Crippen LogP contribution in [0.2, 0.25) is 0 Å². The topological polar surface area (TPSA) is 348 Å². The van der Waals surface area contributed by atoms with E-state index >= 15 is 0 Å². The largest absolute Gasteiger partial charge is 0.744 e. The summed E-state index contributed by atoms with van der Waals surface area (Å²) in [5.41, 5.74) is 0.0622. The molecule has 1 unspecified atom stereocenters. The molecule has 0 radical (unpaired) electrons. The number of fused-ring (bicyclic) bond motifs is 6. The molecule has 4 aromatic carbocycles. The molecule has 7 rings (SSSR count). The van der Waals surface area contributed by atoms with E-state index in [0.29, 0.717) is 73.4 Å². The summed E-state index contributed by atoms with van der Waals surface area (Å²) in [7, 11) is -18.1. The summed E-state index contributed by atoms with van der Waals surface area (Å²) in [6, 6.07) is 8.82. The fourth-order valence-electron chi connectivity index (χ4n) is 10.7. The van der Waals surface area contributed by atoms with Gasteiger partial charge in [-0.2, -0.15) is 4.58 Å². The maximum absolute atomic E-state index is 13.0. The number of benzene rings is 4. The van der Waals surface area contributed by atoms with Crippen molar-refractivity contribution in [3.8, 4) is 0 Å². The van der Waals surface area contributed by atoms with Crippen molar-refractivity contribution in [2.24, 2.45) is 0 Å². The van der Waals surface area contributed by atoms with E-state index in [-0.39, 0.29) is 105 Å². The van der Waals surface area contributed by atoms with Gasteiger partial charge in [-0.3, -0.25) is 19.3 Å². The van der Waals surface area contributed by atoms with Crippen LogP contribution < -0.4 is 10.2 Å². The number of methoxy groups -OCH3 is 2. The molecule has 3 aliphatic rings. The molecule has 0 bridgehead atoms. The van der Waals surface area contributed by atoms with Gasteiger partial charge in [0.15, 0.2) is 5.71 Å². The molecular formula is C54H63N4O20S4-3. The Kier molecular flexibility index (Phi) is 20.2. The molecule has 0 saturated heterocycles. The van der Waals surface area contributed by atoms with Gasteiger partial charge in [0.2, 0.25) is 11.6 Å². The average molecular weight is 1220 g/mol. The second kappa shape index (κ2) is 26.0. The third-order valence-electron chi connectivity index (χ3n) is 14.6. The molecule has 0 saturated carbocycles. The fourth-order valence-corrected chi connectivity index (χ4v) is 13.2. The Morgan fingerprint density at radius 3 is 1.78 bits per heavy atom. The van der Waals surface area contributed by atoms with E-state index in [9.17, 15) is 66.3 Å². The number of anilines is 1. The van der Waals surface area contributed by atoms with Crippen molar-refractivity contribution in [3.63, 3.8) is 0 Å². The molecule has 0 aliphatic carbocycles. The number of imide groups is 1. The van der Waals surface area contributed by atoms with Crippen LogP contribution in [-0.2, 0) is 89.4 Å². The molecule has 0 aromatic heterocycles. The molecule has 3 amide bonds. The van der Waals surface area contributed by atoms with Crippen molar-refractivity contribution in [2.75, 3.05) is 98.2 Å². The first-order valence-electron chi connectivity index (χ1n) is 25.9. The van der Waals surface area contributed by atoms with Crippen LogP contribution in [0.1, 0.15) is 64.0 Å². The van der Waals surface area contributed by atoms with E-state index in [2.05, 4.69) is 5.32 Å². The third kappa shape index (κ3) is 14.2. The first-order valence-corrected chi connectivity index (χ1v) is 31.6. The maximum Gasteiger partial charge on any atom is 0.253 e. The first kappa shape index (κ1) is 63.7. The van der Waals surface area contributed by atoms with E-state index in [4.69, 9.17) is 23.7 Å². The molecule has 0 spiro atoms. The lowest BCUT2D eigenvalue weighted by Gasteiger charge is -2.31. The lowest BCUT2D eigenvalue weighted by Crippen LogP contribution is -2.38. The number of carbonyl (C=O) groups is 3. The number of carbonyl (C=O) groups excluding carboxylic acids is 3. The van der Waals surface area contributed by atoms with Crippen LogP contribution in [0.3, 0.4) is 0 Å². The van der Waals surface area contributed by atoms with Crippen LogP contribution in [0.4, 0.5) is 11.4 Å². The number of hydrogen-bond acceptors (Lipinski definition) is 21. The van der Waals surface area contributed by atoms with Gasteiger partial charge < -0.3 is 52.1 Å². The summed E-state index contributed by atoms with van der Waals surface area (Å²) >= 11 is 0. The minimum absolute atomic E-state index is 0.00164. The zero-order valence-corrected chi connectivity index (χ0v) is 48.9. The van der Waals surface area contributed by atoms with E-state index in [1.54, 1.807) is 50.2 Å². The van der Waals surface area contributed by atoms with Crippen molar-refractivity contribution in [1.29, 1.82) is 0 Å². The van der Waals surface area contributed by atoms with Crippen molar-refractivity contribution >= 4 is 96.8 Å². The summed E-state index contributed by atoms with van der Waals surface area (Å²) in [6.45, 7) is 7.57. The number of nitrogens with one attached hydrogen (secondary N) is 1. The smallest absolute Gasteiger partial charge is 0.253 e. The van der Waals surface area contributed by atoms with Crippen LogP contribution in [0.15, 0.2) is 104 Å². The number of hydrogen-bond donors (Lipinski definition) is 1. The number of unbranched alkanes of at least 4 members (excludes halogenated alkanes) is 2. The lowest BCUT2D eigenvalue weighted by molar-refractivity contribution is -0.438. The fraction of sp³-hybridized carbons (Fsp3) is 0.444. The van der Waals surface area contributed by atoms with Crippen molar-refractivity contribution < 1.29 is 94.5 Å². The molecule has 28 heteroatoms. The lowest BCUT2D eigenvalue weighted by atomic mass is 9.76. The quantitative estimate of drug-likeness (QED) is 0.0338. The molecular weight excluding hydrogens is 1150 g/mol. The molecule has 1 N–H and O–H groups in total.